The number of phenols is 1. The summed E-state index contributed by atoms with van der Waals surface area (Å²) in [4.78, 5) is 14.0. The molecule has 9 heteroatoms. The molecule has 2 aliphatic rings. The van der Waals surface area contributed by atoms with Crippen LogP contribution in [0.2, 0.25) is 5.02 Å². The maximum Gasteiger partial charge on any atom is 0.224 e. The second kappa shape index (κ2) is 12.4. The summed E-state index contributed by atoms with van der Waals surface area (Å²) in [5, 5.41) is 38.5. The molecule has 1 amide bonds. The van der Waals surface area contributed by atoms with Crippen molar-refractivity contribution >= 4 is 23.2 Å². The van der Waals surface area contributed by atoms with Gasteiger partial charge in [-0.25, -0.2) is 0 Å². The average molecular weight is 518 g/mol. The van der Waals surface area contributed by atoms with Gasteiger partial charge in [0, 0.05) is 44.2 Å². The van der Waals surface area contributed by atoms with Crippen molar-refractivity contribution in [2.45, 2.75) is 43.8 Å². The molecule has 0 aromatic heterocycles. The third kappa shape index (κ3) is 6.97. The number of anilines is 1. The minimum Gasteiger partial charge on any atom is -0.506 e. The molecule has 4 rings (SSSR count). The number of aromatic hydroxyl groups is 1. The van der Waals surface area contributed by atoms with Crippen molar-refractivity contribution in [3.63, 3.8) is 0 Å². The van der Waals surface area contributed by atoms with Crippen molar-refractivity contribution in [2.75, 3.05) is 51.3 Å². The Morgan fingerprint density at radius 1 is 1.14 bits per heavy atom. The summed E-state index contributed by atoms with van der Waals surface area (Å²) >= 11 is 6.18. The fourth-order valence-electron chi connectivity index (χ4n) is 4.91. The number of hydrogen-bond acceptors (Lipinski definition) is 7. The molecule has 196 valence electrons. The first-order valence-electron chi connectivity index (χ1n) is 12.6. The monoisotopic (exact) mass is 517 g/mol. The first-order chi connectivity index (χ1) is 17.3. The van der Waals surface area contributed by atoms with Crippen molar-refractivity contribution in [2.24, 2.45) is 0 Å². The number of aliphatic hydroxyl groups excluding tert-OH is 1. The molecule has 0 saturated carbocycles. The second-order valence-electron chi connectivity index (χ2n) is 9.74. The van der Waals surface area contributed by atoms with Crippen LogP contribution in [0.3, 0.4) is 0 Å². The van der Waals surface area contributed by atoms with E-state index in [9.17, 15) is 20.1 Å². The number of halogens is 1. The molecule has 1 saturated heterocycles. The molecule has 2 heterocycles. The Bertz CT molecular complexity index is 1040. The van der Waals surface area contributed by atoms with E-state index in [2.05, 4.69) is 15.5 Å². The van der Waals surface area contributed by atoms with Gasteiger partial charge in [-0.05, 0) is 54.5 Å². The third-order valence-electron chi connectivity index (χ3n) is 7.16. The smallest absolute Gasteiger partial charge is 0.224 e. The van der Waals surface area contributed by atoms with Crippen LogP contribution in [0.4, 0.5) is 5.69 Å². The maximum absolute atomic E-state index is 11.7. The van der Waals surface area contributed by atoms with Crippen molar-refractivity contribution in [3.8, 4) is 5.75 Å². The molecule has 1 atom stereocenters. The quantitative estimate of drug-likeness (QED) is 0.230. The summed E-state index contributed by atoms with van der Waals surface area (Å²) in [5.74, 6) is -0.131. The molecule has 5 N–H and O–H groups in total. The van der Waals surface area contributed by atoms with Crippen LogP contribution in [-0.2, 0) is 22.4 Å². The van der Waals surface area contributed by atoms with Crippen LogP contribution in [0.25, 0.3) is 0 Å². The number of piperidine rings is 1. The minimum atomic E-state index is -0.816. The fourth-order valence-corrected chi connectivity index (χ4v) is 5.14. The Kier molecular flexibility index (Phi) is 9.22. The van der Waals surface area contributed by atoms with Gasteiger partial charge in [0.05, 0.1) is 30.6 Å². The van der Waals surface area contributed by atoms with Crippen molar-refractivity contribution in [1.29, 1.82) is 0 Å². The number of carbonyl (C=O) groups is 1. The van der Waals surface area contributed by atoms with E-state index in [0.717, 1.165) is 42.2 Å². The van der Waals surface area contributed by atoms with E-state index in [1.807, 2.05) is 24.3 Å². The zero-order valence-electron chi connectivity index (χ0n) is 20.5. The minimum absolute atomic E-state index is 0.00835. The standard InChI is InChI=1S/C27H36ClN3O5/c28-22-4-2-1-3-19(22)9-15-36-16-14-31-12-10-27(35,11-13-31)18-29-17-24(33)20-5-7-23(32)26-21(20)6-8-25(34)30-26/h1-5,7,24,29,32-33,35H,6,8-18H2,(H,30,34)/t24-/m0/s1. The number of phenolic OH excluding ortho intramolecular Hbond substituents is 1. The van der Waals surface area contributed by atoms with Crippen molar-refractivity contribution in [3.05, 3.63) is 58.1 Å². The second-order valence-corrected chi connectivity index (χ2v) is 10.1. The molecular formula is C27H36ClN3O5. The van der Waals surface area contributed by atoms with E-state index in [0.29, 0.717) is 56.7 Å². The lowest BCUT2D eigenvalue weighted by molar-refractivity contribution is -0.116. The maximum atomic E-state index is 11.7. The number of nitrogens with zero attached hydrogens (tertiary/aromatic N) is 1. The number of likely N-dealkylation sites (tertiary alicyclic amines) is 1. The molecule has 0 bridgehead atoms. The largest absolute Gasteiger partial charge is 0.506 e. The Hall–Kier alpha value is -2.20. The number of carbonyl (C=O) groups excluding carboxylic acids is 1. The fraction of sp³-hybridized carbons (Fsp3) is 0.519. The first kappa shape index (κ1) is 26.9. The highest BCUT2D eigenvalue weighted by Crippen LogP contribution is 2.36. The number of benzene rings is 2. The number of rotatable bonds is 11. The van der Waals surface area contributed by atoms with E-state index in [1.54, 1.807) is 6.07 Å². The number of aliphatic hydroxyl groups is 2. The van der Waals surface area contributed by atoms with Gasteiger partial charge in [0.15, 0.2) is 0 Å². The Morgan fingerprint density at radius 3 is 2.69 bits per heavy atom. The molecule has 0 unspecified atom stereocenters. The number of nitrogens with one attached hydrogen (secondary N) is 2. The van der Waals surface area contributed by atoms with Gasteiger partial charge in [-0.2, -0.15) is 0 Å². The van der Waals surface area contributed by atoms with Crippen molar-refractivity contribution in [1.82, 2.24) is 10.2 Å². The normalized spacial score (nSPS) is 18.5. The molecule has 36 heavy (non-hydrogen) atoms. The van der Waals surface area contributed by atoms with Crippen LogP contribution in [0.15, 0.2) is 36.4 Å². The first-order valence-corrected chi connectivity index (χ1v) is 13.0. The molecule has 2 aromatic carbocycles. The Labute approximate surface area is 217 Å². The van der Waals surface area contributed by atoms with Crippen LogP contribution in [0, 0.1) is 0 Å². The topological polar surface area (TPSA) is 114 Å². The highest BCUT2D eigenvalue weighted by molar-refractivity contribution is 6.31. The van der Waals surface area contributed by atoms with Gasteiger partial charge in [-0.3, -0.25) is 4.79 Å². The summed E-state index contributed by atoms with van der Waals surface area (Å²) in [7, 11) is 0. The van der Waals surface area contributed by atoms with Crippen LogP contribution >= 0.6 is 11.6 Å². The summed E-state index contributed by atoms with van der Waals surface area (Å²) in [6.45, 7) is 4.35. The van der Waals surface area contributed by atoms with E-state index in [1.165, 1.54) is 6.07 Å². The SMILES string of the molecule is O=C1CCc2c([C@@H](O)CNCC3(O)CCN(CCOCCc4ccccc4Cl)CC3)ccc(O)c2N1. The summed E-state index contributed by atoms with van der Waals surface area (Å²) in [6.07, 6.45) is 2.09. The summed E-state index contributed by atoms with van der Waals surface area (Å²) < 4.78 is 5.79. The van der Waals surface area contributed by atoms with Crippen LogP contribution in [0.1, 0.15) is 42.1 Å². The van der Waals surface area contributed by atoms with Crippen LogP contribution in [-0.4, -0.2) is 77.7 Å². The third-order valence-corrected chi connectivity index (χ3v) is 7.53. The van der Waals surface area contributed by atoms with Crippen molar-refractivity contribution < 1.29 is 24.9 Å². The lowest BCUT2D eigenvalue weighted by atomic mass is 9.91. The highest BCUT2D eigenvalue weighted by atomic mass is 35.5. The van der Waals surface area contributed by atoms with Gasteiger partial charge in [0.25, 0.3) is 0 Å². The molecular weight excluding hydrogens is 482 g/mol. The van der Waals surface area contributed by atoms with Gasteiger partial charge in [-0.1, -0.05) is 35.9 Å². The number of hydrogen-bond donors (Lipinski definition) is 5. The molecule has 0 spiro atoms. The molecule has 8 nitrogen and oxygen atoms in total. The summed E-state index contributed by atoms with van der Waals surface area (Å²) in [5.41, 5.74) is 2.12. The van der Waals surface area contributed by atoms with E-state index in [4.69, 9.17) is 16.3 Å². The van der Waals surface area contributed by atoms with E-state index < -0.39 is 11.7 Å². The van der Waals surface area contributed by atoms with E-state index >= 15 is 0 Å². The Morgan fingerprint density at radius 2 is 1.92 bits per heavy atom. The predicted octanol–water partition coefficient (Wildman–Crippen LogP) is 2.64. The van der Waals surface area contributed by atoms with Crippen LogP contribution in [0.5, 0.6) is 5.75 Å². The van der Waals surface area contributed by atoms with Gasteiger partial charge in [-0.15, -0.1) is 0 Å². The lowest BCUT2D eigenvalue weighted by Crippen LogP contribution is -2.50. The lowest BCUT2D eigenvalue weighted by Gasteiger charge is -2.38. The van der Waals surface area contributed by atoms with Crippen LogP contribution < -0.4 is 10.6 Å². The molecule has 1 fully saturated rings. The molecule has 0 radical (unpaired) electrons. The van der Waals surface area contributed by atoms with Gasteiger partial charge >= 0.3 is 0 Å². The Balaban J connectivity index is 1.15. The zero-order valence-corrected chi connectivity index (χ0v) is 21.3. The van der Waals surface area contributed by atoms with E-state index in [-0.39, 0.29) is 18.2 Å². The van der Waals surface area contributed by atoms with Gasteiger partial charge < -0.3 is 35.6 Å². The predicted molar refractivity (Wildman–Crippen MR) is 139 cm³/mol. The number of amides is 1. The summed E-state index contributed by atoms with van der Waals surface area (Å²) in [6, 6.07) is 11.0. The zero-order chi connectivity index (χ0) is 25.5. The van der Waals surface area contributed by atoms with Gasteiger partial charge in [0.1, 0.15) is 5.75 Å². The molecule has 2 aliphatic heterocycles. The number of fused-ring (bicyclic) bond motifs is 1. The molecule has 0 aliphatic carbocycles. The molecule has 2 aromatic rings. The number of ether oxygens (including phenoxy) is 1. The highest BCUT2D eigenvalue weighted by Gasteiger charge is 2.32. The van der Waals surface area contributed by atoms with Gasteiger partial charge in [0.2, 0.25) is 5.91 Å². The average Bonchev–Trinajstić information content (AvgIpc) is 2.86.